The van der Waals surface area contributed by atoms with Crippen LogP contribution < -0.4 is 5.73 Å². The summed E-state index contributed by atoms with van der Waals surface area (Å²) in [6, 6.07) is 7.20. The molecule has 0 fully saturated rings. The molecule has 0 unspecified atom stereocenters. The van der Waals surface area contributed by atoms with Gasteiger partial charge < -0.3 is 5.73 Å². The highest BCUT2D eigenvalue weighted by Crippen LogP contribution is 2.10. The van der Waals surface area contributed by atoms with E-state index in [0.29, 0.717) is 11.5 Å². The van der Waals surface area contributed by atoms with E-state index in [1.54, 1.807) is 0 Å². The van der Waals surface area contributed by atoms with E-state index in [1.807, 2.05) is 31.2 Å². The minimum atomic E-state index is -0.368. The van der Waals surface area contributed by atoms with Crippen molar-refractivity contribution in [1.29, 1.82) is 0 Å². The van der Waals surface area contributed by atoms with Crippen LogP contribution in [-0.2, 0) is 0 Å². The maximum atomic E-state index is 11.9. The zero-order valence-corrected chi connectivity index (χ0v) is 9.66. The zero-order chi connectivity index (χ0) is 11.4. The lowest BCUT2D eigenvalue weighted by Gasteiger charge is -2.12. The molecule has 1 aromatic carbocycles. The molecule has 2 heteroatoms. The van der Waals surface area contributed by atoms with Crippen LogP contribution in [0.5, 0.6) is 0 Å². The van der Waals surface area contributed by atoms with Gasteiger partial charge in [-0.2, -0.15) is 0 Å². The Bertz CT molecular complexity index is 327. The highest BCUT2D eigenvalue weighted by molar-refractivity contribution is 5.99. The Balaban J connectivity index is 2.72. The Kier molecular flexibility index (Phi) is 4.04. The molecule has 0 aliphatic heterocycles. The lowest BCUT2D eigenvalue weighted by atomic mass is 9.96. The molecule has 0 bridgehead atoms. The highest BCUT2D eigenvalue weighted by atomic mass is 16.1. The highest BCUT2D eigenvalue weighted by Gasteiger charge is 2.16. The van der Waals surface area contributed by atoms with E-state index in [9.17, 15) is 4.79 Å². The first-order valence-electron chi connectivity index (χ1n) is 5.37. The molecule has 0 saturated carbocycles. The van der Waals surface area contributed by atoms with Gasteiger partial charge in [0.25, 0.3) is 0 Å². The van der Waals surface area contributed by atoms with Crippen LogP contribution in [0.1, 0.15) is 36.2 Å². The van der Waals surface area contributed by atoms with Crippen molar-refractivity contribution in [2.45, 2.75) is 33.2 Å². The summed E-state index contributed by atoms with van der Waals surface area (Å²) in [6.07, 6.45) is 0.743. The fourth-order valence-corrected chi connectivity index (χ4v) is 1.55. The maximum absolute atomic E-state index is 11.9. The normalized spacial score (nSPS) is 12.9. The fraction of sp³-hybridized carbons (Fsp3) is 0.462. The third kappa shape index (κ3) is 3.48. The fourth-order valence-electron chi connectivity index (χ4n) is 1.55. The average molecular weight is 205 g/mol. The van der Waals surface area contributed by atoms with Gasteiger partial charge in [-0.25, -0.2) is 0 Å². The first kappa shape index (κ1) is 11.9. The molecule has 2 nitrogen and oxygen atoms in total. The Hall–Kier alpha value is -1.15. The second kappa shape index (κ2) is 5.08. The van der Waals surface area contributed by atoms with Crippen molar-refractivity contribution in [3.63, 3.8) is 0 Å². The molecule has 0 spiro atoms. The van der Waals surface area contributed by atoms with E-state index < -0.39 is 0 Å². The number of ketones is 1. The molecule has 15 heavy (non-hydrogen) atoms. The van der Waals surface area contributed by atoms with Gasteiger partial charge in [0.2, 0.25) is 0 Å². The van der Waals surface area contributed by atoms with Gasteiger partial charge in [0.05, 0.1) is 6.04 Å². The molecule has 0 radical (unpaired) electrons. The second-order valence-corrected chi connectivity index (χ2v) is 4.47. The largest absolute Gasteiger partial charge is 0.321 e. The molecule has 0 aliphatic carbocycles. The van der Waals surface area contributed by atoms with E-state index in [0.717, 1.165) is 12.0 Å². The second-order valence-electron chi connectivity index (χ2n) is 4.47. The Morgan fingerprint density at radius 3 is 2.27 bits per heavy atom. The molecule has 0 heterocycles. The average Bonchev–Trinajstić information content (AvgIpc) is 2.17. The van der Waals surface area contributed by atoms with Crippen molar-refractivity contribution in [3.8, 4) is 0 Å². The van der Waals surface area contributed by atoms with Gasteiger partial charge in [0.15, 0.2) is 5.78 Å². The van der Waals surface area contributed by atoms with Gasteiger partial charge in [-0.05, 0) is 19.3 Å². The third-order valence-electron chi connectivity index (χ3n) is 2.40. The van der Waals surface area contributed by atoms with Gasteiger partial charge in [-0.3, -0.25) is 4.79 Å². The Morgan fingerprint density at radius 1 is 1.27 bits per heavy atom. The topological polar surface area (TPSA) is 43.1 Å². The smallest absolute Gasteiger partial charge is 0.179 e. The van der Waals surface area contributed by atoms with Crippen molar-refractivity contribution in [3.05, 3.63) is 35.4 Å². The lowest BCUT2D eigenvalue weighted by molar-refractivity contribution is 0.0951. The summed E-state index contributed by atoms with van der Waals surface area (Å²) in [4.78, 5) is 11.9. The molecule has 1 atom stereocenters. The molecular weight excluding hydrogens is 186 g/mol. The quantitative estimate of drug-likeness (QED) is 0.768. The van der Waals surface area contributed by atoms with Gasteiger partial charge in [0.1, 0.15) is 0 Å². The van der Waals surface area contributed by atoms with Crippen LogP contribution in [0, 0.1) is 12.8 Å². The summed E-state index contributed by atoms with van der Waals surface area (Å²) < 4.78 is 0. The predicted octanol–water partition coefficient (Wildman–Crippen LogP) is 2.55. The summed E-state index contributed by atoms with van der Waals surface area (Å²) in [6.45, 7) is 6.15. The number of carbonyl (C=O) groups is 1. The molecule has 82 valence electrons. The van der Waals surface area contributed by atoms with Crippen LogP contribution in [-0.4, -0.2) is 11.8 Å². The molecule has 2 N–H and O–H groups in total. The van der Waals surface area contributed by atoms with Crippen molar-refractivity contribution < 1.29 is 4.79 Å². The van der Waals surface area contributed by atoms with E-state index in [4.69, 9.17) is 5.73 Å². The molecule has 0 saturated heterocycles. The van der Waals surface area contributed by atoms with Crippen LogP contribution in [0.2, 0.25) is 0 Å². The minimum absolute atomic E-state index is 0.0451. The Labute approximate surface area is 91.5 Å². The van der Waals surface area contributed by atoms with Crippen LogP contribution in [0.4, 0.5) is 0 Å². The number of rotatable bonds is 4. The SMILES string of the molecule is Cc1ccc(C(=O)[C@@H](N)CC(C)C)cc1. The lowest BCUT2D eigenvalue weighted by Crippen LogP contribution is -2.31. The molecule has 0 aliphatic rings. The molecule has 1 rings (SSSR count). The summed E-state index contributed by atoms with van der Waals surface area (Å²) in [5.74, 6) is 0.498. The van der Waals surface area contributed by atoms with Crippen molar-refractivity contribution in [2.24, 2.45) is 11.7 Å². The summed E-state index contributed by atoms with van der Waals surface area (Å²) >= 11 is 0. The summed E-state index contributed by atoms with van der Waals surface area (Å²) in [7, 11) is 0. The summed E-state index contributed by atoms with van der Waals surface area (Å²) in [5.41, 5.74) is 7.71. The van der Waals surface area contributed by atoms with E-state index >= 15 is 0 Å². The van der Waals surface area contributed by atoms with Crippen LogP contribution in [0.25, 0.3) is 0 Å². The van der Waals surface area contributed by atoms with Gasteiger partial charge >= 0.3 is 0 Å². The monoisotopic (exact) mass is 205 g/mol. The molecule has 0 aromatic heterocycles. The number of benzene rings is 1. The van der Waals surface area contributed by atoms with Gasteiger partial charge in [0, 0.05) is 5.56 Å². The molecule has 1 aromatic rings. The zero-order valence-electron chi connectivity index (χ0n) is 9.66. The molecular formula is C13H19NO. The molecule has 0 amide bonds. The van der Waals surface area contributed by atoms with Crippen LogP contribution >= 0.6 is 0 Å². The first-order chi connectivity index (χ1) is 7.00. The number of Topliss-reactive ketones (excluding diaryl/α,β-unsaturated/α-hetero) is 1. The van der Waals surface area contributed by atoms with Crippen LogP contribution in [0.15, 0.2) is 24.3 Å². The van der Waals surface area contributed by atoms with E-state index in [-0.39, 0.29) is 11.8 Å². The standard InChI is InChI=1S/C13H19NO/c1-9(2)8-12(14)13(15)11-6-4-10(3)5-7-11/h4-7,9,12H,8,14H2,1-3H3/t12-/m0/s1. The van der Waals surface area contributed by atoms with Gasteiger partial charge in [-0.15, -0.1) is 0 Å². The van der Waals surface area contributed by atoms with Crippen molar-refractivity contribution in [2.75, 3.05) is 0 Å². The van der Waals surface area contributed by atoms with Crippen LogP contribution in [0.3, 0.4) is 0 Å². The third-order valence-corrected chi connectivity index (χ3v) is 2.40. The first-order valence-corrected chi connectivity index (χ1v) is 5.37. The van der Waals surface area contributed by atoms with Crippen molar-refractivity contribution >= 4 is 5.78 Å². The summed E-state index contributed by atoms with van der Waals surface area (Å²) in [5, 5.41) is 0. The van der Waals surface area contributed by atoms with E-state index in [2.05, 4.69) is 13.8 Å². The number of aryl methyl sites for hydroxylation is 1. The number of carbonyl (C=O) groups excluding carboxylic acids is 1. The van der Waals surface area contributed by atoms with Crippen molar-refractivity contribution in [1.82, 2.24) is 0 Å². The van der Waals surface area contributed by atoms with E-state index in [1.165, 1.54) is 0 Å². The van der Waals surface area contributed by atoms with Gasteiger partial charge in [-0.1, -0.05) is 43.7 Å². The number of nitrogens with two attached hydrogens (primary N) is 1. The number of hydrogen-bond acceptors (Lipinski definition) is 2. The number of hydrogen-bond donors (Lipinski definition) is 1. The predicted molar refractivity (Wildman–Crippen MR) is 62.9 cm³/mol. The maximum Gasteiger partial charge on any atom is 0.179 e. The minimum Gasteiger partial charge on any atom is -0.321 e. The Morgan fingerprint density at radius 2 is 1.80 bits per heavy atom.